The summed E-state index contributed by atoms with van der Waals surface area (Å²) in [5.41, 5.74) is 0.914. The first kappa shape index (κ1) is 12.6. The third-order valence-corrected chi connectivity index (χ3v) is 2.44. The lowest BCUT2D eigenvalue weighted by atomic mass is 10.2. The number of nitriles is 1. The van der Waals surface area contributed by atoms with Crippen molar-refractivity contribution in [2.45, 2.75) is 0 Å². The van der Waals surface area contributed by atoms with Crippen LogP contribution in [0.3, 0.4) is 0 Å². The van der Waals surface area contributed by atoms with E-state index in [2.05, 4.69) is 15.6 Å². The van der Waals surface area contributed by atoms with Crippen molar-refractivity contribution >= 4 is 23.6 Å². The van der Waals surface area contributed by atoms with Gasteiger partial charge in [0.05, 0.1) is 18.2 Å². The van der Waals surface area contributed by atoms with E-state index in [-0.39, 0.29) is 18.4 Å². The number of anilines is 1. The number of nitrogens with zero attached hydrogens (tertiary/aromatic N) is 3. The fraction of sp³-hybridized carbons (Fsp3) is 0.167. The van der Waals surface area contributed by atoms with Gasteiger partial charge in [0.1, 0.15) is 0 Å². The number of benzene rings is 1. The number of likely N-dealkylation sites (N-methyl/N-ethyl adjacent to an activating group) is 1. The molecule has 0 atom stereocenters. The SMILES string of the molecule is CN1CC(=O)NC1=NC(=O)Nc1cccc(C#N)c1. The minimum absolute atomic E-state index is 0.177. The van der Waals surface area contributed by atoms with Crippen molar-refractivity contribution in [3.63, 3.8) is 0 Å². The first-order valence-electron chi connectivity index (χ1n) is 5.49. The number of rotatable bonds is 1. The molecular formula is C12H11N5O2. The van der Waals surface area contributed by atoms with Crippen molar-refractivity contribution in [3.05, 3.63) is 29.8 Å². The highest BCUT2D eigenvalue weighted by Gasteiger charge is 2.22. The van der Waals surface area contributed by atoms with Gasteiger partial charge in [-0.3, -0.25) is 10.1 Å². The average Bonchev–Trinajstić information content (AvgIpc) is 2.68. The minimum atomic E-state index is -0.612. The summed E-state index contributed by atoms with van der Waals surface area (Å²) in [6.45, 7) is 0.177. The van der Waals surface area contributed by atoms with Crippen LogP contribution in [0.5, 0.6) is 0 Å². The molecule has 1 fully saturated rings. The Morgan fingerprint density at radius 2 is 2.37 bits per heavy atom. The van der Waals surface area contributed by atoms with Gasteiger partial charge in [-0.2, -0.15) is 10.3 Å². The van der Waals surface area contributed by atoms with Crippen LogP contribution in [0.2, 0.25) is 0 Å². The molecule has 0 bridgehead atoms. The van der Waals surface area contributed by atoms with E-state index >= 15 is 0 Å². The Morgan fingerprint density at radius 3 is 3.00 bits per heavy atom. The Labute approximate surface area is 109 Å². The number of carbonyl (C=O) groups excluding carboxylic acids is 2. The highest BCUT2D eigenvalue weighted by molar-refractivity contribution is 6.09. The predicted molar refractivity (Wildman–Crippen MR) is 68.4 cm³/mol. The zero-order valence-electron chi connectivity index (χ0n) is 10.2. The summed E-state index contributed by atoms with van der Waals surface area (Å²) in [4.78, 5) is 28.0. The van der Waals surface area contributed by atoms with E-state index in [4.69, 9.17) is 5.26 Å². The monoisotopic (exact) mass is 257 g/mol. The molecule has 96 valence electrons. The van der Waals surface area contributed by atoms with Gasteiger partial charge in [-0.05, 0) is 18.2 Å². The average molecular weight is 257 g/mol. The van der Waals surface area contributed by atoms with Crippen molar-refractivity contribution in [1.29, 1.82) is 5.26 Å². The van der Waals surface area contributed by atoms with Crippen LogP contribution in [0.15, 0.2) is 29.3 Å². The number of aliphatic imine (C=N–C) groups is 1. The van der Waals surface area contributed by atoms with E-state index in [1.807, 2.05) is 6.07 Å². The van der Waals surface area contributed by atoms with Crippen LogP contribution in [0.25, 0.3) is 0 Å². The summed E-state index contributed by atoms with van der Waals surface area (Å²) < 4.78 is 0. The van der Waals surface area contributed by atoms with Gasteiger partial charge in [-0.1, -0.05) is 6.07 Å². The largest absolute Gasteiger partial charge is 0.348 e. The maximum absolute atomic E-state index is 11.7. The number of hydrogen-bond acceptors (Lipinski definition) is 3. The summed E-state index contributed by atoms with van der Waals surface area (Å²) in [5.74, 6) is -0.000495. The van der Waals surface area contributed by atoms with Gasteiger partial charge in [-0.25, -0.2) is 4.79 Å². The van der Waals surface area contributed by atoms with Crippen LogP contribution in [0.4, 0.5) is 10.5 Å². The van der Waals surface area contributed by atoms with Crippen LogP contribution >= 0.6 is 0 Å². The zero-order valence-corrected chi connectivity index (χ0v) is 10.2. The Balaban J connectivity index is 2.07. The van der Waals surface area contributed by atoms with Crippen LogP contribution in [0, 0.1) is 11.3 Å². The topological polar surface area (TPSA) is 97.6 Å². The van der Waals surface area contributed by atoms with Crippen molar-refractivity contribution in [2.24, 2.45) is 4.99 Å². The summed E-state index contributed by atoms with van der Waals surface area (Å²) in [6.07, 6.45) is 0. The number of carbonyl (C=O) groups is 2. The predicted octanol–water partition coefficient (Wildman–Crippen LogP) is 0.508. The summed E-state index contributed by atoms with van der Waals surface area (Å²) >= 11 is 0. The van der Waals surface area contributed by atoms with Gasteiger partial charge in [0.25, 0.3) is 0 Å². The standard InChI is InChI=1S/C12H11N5O2/c1-17-7-10(18)15-11(17)16-12(19)14-9-4-2-3-8(5-9)6-13/h2-5H,7H2,1H3,(H2,14,15,16,18,19). The van der Waals surface area contributed by atoms with E-state index in [1.165, 1.54) is 11.0 Å². The molecule has 0 unspecified atom stereocenters. The van der Waals surface area contributed by atoms with Gasteiger partial charge >= 0.3 is 6.03 Å². The second-order valence-corrected chi connectivity index (χ2v) is 3.96. The lowest BCUT2D eigenvalue weighted by Crippen LogP contribution is -2.29. The number of urea groups is 1. The Bertz CT molecular complexity index is 602. The molecule has 0 aliphatic carbocycles. The quantitative estimate of drug-likeness (QED) is 0.765. The molecule has 1 aromatic carbocycles. The molecule has 0 radical (unpaired) electrons. The molecule has 7 heteroatoms. The molecule has 1 saturated heterocycles. The fourth-order valence-electron chi connectivity index (χ4n) is 1.58. The van der Waals surface area contributed by atoms with Gasteiger partial charge in [0.2, 0.25) is 11.9 Å². The molecule has 1 heterocycles. The molecule has 3 amide bonds. The molecule has 19 heavy (non-hydrogen) atoms. The summed E-state index contributed by atoms with van der Waals surface area (Å²) in [6, 6.07) is 7.84. The molecule has 1 aromatic rings. The number of hydrogen-bond donors (Lipinski definition) is 2. The second kappa shape index (κ2) is 5.18. The summed E-state index contributed by atoms with van der Waals surface area (Å²) in [5, 5.41) is 13.7. The molecule has 0 saturated carbocycles. The molecule has 2 rings (SSSR count). The smallest absolute Gasteiger partial charge is 0.336 e. The zero-order chi connectivity index (χ0) is 13.8. The van der Waals surface area contributed by atoms with Crippen LogP contribution in [-0.4, -0.2) is 36.4 Å². The van der Waals surface area contributed by atoms with E-state index < -0.39 is 6.03 Å². The molecular weight excluding hydrogens is 246 g/mol. The molecule has 1 aliphatic rings. The Kier molecular flexibility index (Phi) is 3.43. The van der Waals surface area contributed by atoms with Crippen LogP contribution < -0.4 is 10.6 Å². The highest BCUT2D eigenvalue weighted by Crippen LogP contribution is 2.10. The molecule has 7 nitrogen and oxygen atoms in total. The van der Waals surface area contributed by atoms with Crippen molar-refractivity contribution in [2.75, 3.05) is 18.9 Å². The molecule has 0 spiro atoms. The minimum Gasteiger partial charge on any atom is -0.336 e. The first-order valence-corrected chi connectivity index (χ1v) is 5.49. The van der Waals surface area contributed by atoms with Gasteiger partial charge in [-0.15, -0.1) is 0 Å². The van der Waals surface area contributed by atoms with Gasteiger partial charge in [0.15, 0.2) is 0 Å². The third-order valence-electron chi connectivity index (χ3n) is 2.44. The van der Waals surface area contributed by atoms with Crippen molar-refractivity contribution in [3.8, 4) is 6.07 Å². The van der Waals surface area contributed by atoms with Crippen LogP contribution in [-0.2, 0) is 4.79 Å². The highest BCUT2D eigenvalue weighted by atomic mass is 16.2. The normalized spacial score (nSPS) is 16.1. The van der Waals surface area contributed by atoms with Gasteiger partial charge in [0, 0.05) is 12.7 Å². The number of amides is 3. The van der Waals surface area contributed by atoms with E-state index in [0.29, 0.717) is 11.3 Å². The summed E-state index contributed by atoms with van der Waals surface area (Å²) in [7, 11) is 1.65. The molecule has 0 aromatic heterocycles. The van der Waals surface area contributed by atoms with E-state index in [9.17, 15) is 9.59 Å². The van der Waals surface area contributed by atoms with Crippen molar-refractivity contribution < 1.29 is 9.59 Å². The van der Waals surface area contributed by atoms with Gasteiger partial charge < -0.3 is 10.2 Å². The Hall–Kier alpha value is -2.88. The second-order valence-electron chi connectivity index (χ2n) is 3.96. The number of guanidine groups is 1. The number of nitrogens with one attached hydrogen (secondary N) is 2. The maximum atomic E-state index is 11.7. The lowest BCUT2D eigenvalue weighted by Gasteiger charge is -2.08. The van der Waals surface area contributed by atoms with E-state index in [0.717, 1.165) is 0 Å². The van der Waals surface area contributed by atoms with E-state index in [1.54, 1.807) is 25.2 Å². The molecule has 2 N–H and O–H groups in total. The van der Waals surface area contributed by atoms with Crippen molar-refractivity contribution in [1.82, 2.24) is 10.2 Å². The first-order chi connectivity index (χ1) is 9.08. The fourth-order valence-corrected chi connectivity index (χ4v) is 1.58. The molecule has 1 aliphatic heterocycles. The Morgan fingerprint density at radius 1 is 1.58 bits per heavy atom. The maximum Gasteiger partial charge on any atom is 0.348 e. The third kappa shape index (κ3) is 3.07. The lowest BCUT2D eigenvalue weighted by molar-refractivity contribution is -0.118. The van der Waals surface area contributed by atoms with Crippen LogP contribution in [0.1, 0.15) is 5.56 Å².